The number of rotatable bonds is 6. The van der Waals surface area contributed by atoms with Crippen molar-refractivity contribution in [3.05, 3.63) is 0 Å². The summed E-state index contributed by atoms with van der Waals surface area (Å²) in [7, 11) is 0. The lowest BCUT2D eigenvalue weighted by atomic mass is 9.69. The average molecular weight is 180 g/mol. The molecule has 0 N–H and O–H groups in total. The summed E-state index contributed by atoms with van der Waals surface area (Å²) < 4.78 is 0. The Morgan fingerprint density at radius 1 is 1.15 bits per heavy atom. The minimum atomic E-state index is 0.415. The molecule has 0 amide bonds. The molecular formula is C13H24. The molecule has 0 aromatic heterocycles. The number of hydrogen-bond acceptors (Lipinski definition) is 0. The van der Waals surface area contributed by atoms with Crippen LogP contribution >= 0.6 is 0 Å². The lowest BCUT2D eigenvalue weighted by Crippen LogP contribution is -2.26. The minimum Gasteiger partial charge on any atom is -0.120 e. The van der Waals surface area contributed by atoms with Crippen LogP contribution in [0.2, 0.25) is 0 Å². The third kappa shape index (κ3) is 3.43. The molecule has 0 saturated carbocycles. The Bertz CT molecular complexity index is 153. The van der Waals surface area contributed by atoms with Gasteiger partial charge < -0.3 is 0 Å². The second-order valence-electron chi connectivity index (χ2n) is 4.40. The smallest absolute Gasteiger partial charge is 0.0145 e. The second-order valence-corrected chi connectivity index (χ2v) is 4.40. The standard InChI is InChI=1S/C13H24/c1-6-9-13(10-7-2,11-8-3)12(4)5/h1,12H,7-11H2,2-5H3. The summed E-state index contributed by atoms with van der Waals surface area (Å²) in [5.41, 5.74) is 0.415. The van der Waals surface area contributed by atoms with Gasteiger partial charge in [-0.3, -0.25) is 0 Å². The summed E-state index contributed by atoms with van der Waals surface area (Å²) in [5, 5.41) is 0. The first-order valence-corrected chi connectivity index (χ1v) is 5.56. The Hall–Kier alpha value is -0.440. The lowest BCUT2D eigenvalue weighted by Gasteiger charge is -2.36. The van der Waals surface area contributed by atoms with Crippen molar-refractivity contribution < 1.29 is 0 Å². The lowest BCUT2D eigenvalue weighted by molar-refractivity contribution is 0.156. The molecule has 0 unspecified atom stereocenters. The molecule has 0 fully saturated rings. The van der Waals surface area contributed by atoms with E-state index in [2.05, 4.69) is 33.6 Å². The van der Waals surface area contributed by atoms with Gasteiger partial charge in [0.15, 0.2) is 0 Å². The first kappa shape index (κ1) is 12.6. The zero-order valence-corrected chi connectivity index (χ0v) is 9.69. The fourth-order valence-corrected chi connectivity index (χ4v) is 2.28. The Morgan fingerprint density at radius 2 is 1.62 bits per heavy atom. The van der Waals surface area contributed by atoms with Crippen LogP contribution in [0.3, 0.4) is 0 Å². The zero-order valence-electron chi connectivity index (χ0n) is 9.69. The minimum absolute atomic E-state index is 0.415. The SMILES string of the molecule is C#CCC(CCC)(CCC)C(C)C. The molecule has 0 saturated heterocycles. The Labute approximate surface area is 84.1 Å². The molecule has 0 nitrogen and oxygen atoms in total. The van der Waals surface area contributed by atoms with Gasteiger partial charge in [-0.25, -0.2) is 0 Å². The molecule has 0 heterocycles. The highest BCUT2D eigenvalue weighted by Crippen LogP contribution is 2.40. The van der Waals surface area contributed by atoms with Gasteiger partial charge in [-0.1, -0.05) is 40.5 Å². The fourth-order valence-electron chi connectivity index (χ4n) is 2.28. The molecule has 13 heavy (non-hydrogen) atoms. The molecule has 0 bridgehead atoms. The van der Waals surface area contributed by atoms with Gasteiger partial charge in [0.2, 0.25) is 0 Å². The van der Waals surface area contributed by atoms with Gasteiger partial charge in [-0.15, -0.1) is 12.3 Å². The summed E-state index contributed by atoms with van der Waals surface area (Å²) in [4.78, 5) is 0. The van der Waals surface area contributed by atoms with E-state index in [9.17, 15) is 0 Å². The van der Waals surface area contributed by atoms with Crippen molar-refractivity contribution in [1.82, 2.24) is 0 Å². The van der Waals surface area contributed by atoms with Gasteiger partial charge in [0.25, 0.3) is 0 Å². The Balaban J connectivity index is 4.50. The monoisotopic (exact) mass is 180 g/mol. The van der Waals surface area contributed by atoms with Crippen LogP contribution in [0.1, 0.15) is 59.8 Å². The van der Waals surface area contributed by atoms with Crippen LogP contribution in [0, 0.1) is 23.7 Å². The number of terminal acetylenes is 1. The van der Waals surface area contributed by atoms with E-state index in [0.29, 0.717) is 11.3 Å². The first-order chi connectivity index (χ1) is 6.13. The summed E-state index contributed by atoms with van der Waals surface area (Å²) in [6.07, 6.45) is 11.5. The van der Waals surface area contributed by atoms with Gasteiger partial charge in [-0.2, -0.15) is 0 Å². The normalized spacial score (nSPS) is 11.7. The quantitative estimate of drug-likeness (QED) is 0.536. The van der Waals surface area contributed by atoms with E-state index in [1.165, 1.54) is 25.7 Å². The average Bonchev–Trinajstić information content (AvgIpc) is 2.05. The van der Waals surface area contributed by atoms with Crippen molar-refractivity contribution in [1.29, 1.82) is 0 Å². The maximum atomic E-state index is 5.46. The van der Waals surface area contributed by atoms with Crippen LogP contribution in [0.15, 0.2) is 0 Å². The zero-order chi connectivity index (χ0) is 10.3. The van der Waals surface area contributed by atoms with Gasteiger partial charge in [0.1, 0.15) is 0 Å². The van der Waals surface area contributed by atoms with Crippen molar-refractivity contribution in [2.45, 2.75) is 59.8 Å². The van der Waals surface area contributed by atoms with E-state index in [-0.39, 0.29) is 0 Å². The van der Waals surface area contributed by atoms with Crippen molar-refractivity contribution in [3.63, 3.8) is 0 Å². The fraction of sp³-hybridized carbons (Fsp3) is 0.846. The van der Waals surface area contributed by atoms with Crippen molar-refractivity contribution in [3.8, 4) is 12.3 Å². The van der Waals surface area contributed by atoms with Gasteiger partial charge in [0, 0.05) is 6.42 Å². The number of hydrogen-bond donors (Lipinski definition) is 0. The largest absolute Gasteiger partial charge is 0.120 e. The molecule has 76 valence electrons. The highest BCUT2D eigenvalue weighted by molar-refractivity contribution is 4.95. The summed E-state index contributed by atoms with van der Waals surface area (Å²) in [6, 6.07) is 0. The molecule has 0 aliphatic heterocycles. The molecule has 0 rings (SSSR count). The third-order valence-corrected chi connectivity index (χ3v) is 3.17. The van der Waals surface area contributed by atoms with Crippen LogP contribution in [0.4, 0.5) is 0 Å². The van der Waals surface area contributed by atoms with Gasteiger partial charge in [-0.05, 0) is 24.2 Å². The van der Waals surface area contributed by atoms with E-state index in [4.69, 9.17) is 6.42 Å². The Kier molecular flexibility index (Phi) is 5.88. The molecule has 0 radical (unpaired) electrons. The summed E-state index contributed by atoms with van der Waals surface area (Å²) in [5.74, 6) is 3.57. The van der Waals surface area contributed by atoms with Gasteiger partial charge in [0.05, 0.1) is 0 Å². The molecule has 0 spiro atoms. The molecule has 0 aromatic carbocycles. The highest BCUT2D eigenvalue weighted by Gasteiger charge is 2.30. The Morgan fingerprint density at radius 3 is 1.85 bits per heavy atom. The maximum absolute atomic E-state index is 5.46. The van der Waals surface area contributed by atoms with E-state index < -0.39 is 0 Å². The van der Waals surface area contributed by atoms with Crippen LogP contribution < -0.4 is 0 Å². The first-order valence-electron chi connectivity index (χ1n) is 5.56. The van der Waals surface area contributed by atoms with Crippen LogP contribution in [0.5, 0.6) is 0 Å². The van der Waals surface area contributed by atoms with Crippen LogP contribution in [-0.4, -0.2) is 0 Å². The van der Waals surface area contributed by atoms with E-state index in [1.807, 2.05) is 0 Å². The summed E-state index contributed by atoms with van der Waals surface area (Å²) >= 11 is 0. The molecular weight excluding hydrogens is 156 g/mol. The van der Waals surface area contributed by atoms with Crippen molar-refractivity contribution in [2.24, 2.45) is 11.3 Å². The van der Waals surface area contributed by atoms with E-state index in [0.717, 1.165) is 6.42 Å². The molecule has 0 heteroatoms. The molecule has 0 aliphatic rings. The second kappa shape index (κ2) is 6.08. The predicted molar refractivity (Wildman–Crippen MR) is 60.5 cm³/mol. The van der Waals surface area contributed by atoms with Gasteiger partial charge >= 0.3 is 0 Å². The topological polar surface area (TPSA) is 0 Å². The predicted octanol–water partition coefficient (Wildman–Crippen LogP) is 4.25. The van der Waals surface area contributed by atoms with Crippen LogP contribution in [0.25, 0.3) is 0 Å². The maximum Gasteiger partial charge on any atom is 0.0145 e. The van der Waals surface area contributed by atoms with E-state index >= 15 is 0 Å². The third-order valence-electron chi connectivity index (χ3n) is 3.17. The summed E-state index contributed by atoms with van der Waals surface area (Å²) in [6.45, 7) is 9.12. The highest BCUT2D eigenvalue weighted by atomic mass is 14.3. The van der Waals surface area contributed by atoms with Crippen LogP contribution in [-0.2, 0) is 0 Å². The van der Waals surface area contributed by atoms with E-state index in [1.54, 1.807) is 0 Å². The van der Waals surface area contributed by atoms with Crippen molar-refractivity contribution >= 4 is 0 Å². The molecule has 0 aromatic rings. The molecule has 0 aliphatic carbocycles. The van der Waals surface area contributed by atoms with Crippen molar-refractivity contribution in [2.75, 3.05) is 0 Å². The molecule has 0 atom stereocenters.